The monoisotopic (exact) mass is 262 g/mol. The molecule has 16 heavy (non-hydrogen) atoms. The van der Waals surface area contributed by atoms with Crippen molar-refractivity contribution in [1.82, 2.24) is 0 Å². The van der Waals surface area contributed by atoms with Crippen LogP contribution in [-0.2, 0) is 14.3 Å². The minimum absolute atomic E-state index is 0.00975. The molecular formula is C11H22O3SSi. The maximum Gasteiger partial charge on any atom is 0.276 e. The highest BCUT2D eigenvalue weighted by Crippen LogP contribution is 2.50. The highest BCUT2D eigenvalue weighted by molar-refractivity contribution is 7.89. The fraction of sp³-hybridized carbons (Fsp3) is 1.00. The maximum atomic E-state index is 11.9. The van der Waals surface area contributed by atoms with Gasteiger partial charge in [-0.3, -0.25) is 4.18 Å². The Hall–Kier alpha value is 0.127. The van der Waals surface area contributed by atoms with Gasteiger partial charge in [-0.05, 0) is 18.9 Å². The van der Waals surface area contributed by atoms with E-state index in [0.717, 1.165) is 31.7 Å². The molecule has 5 heteroatoms. The first kappa shape index (κ1) is 12.6. The fourth-order valence-corrected chi connectivity index (χ4v) is 6.66. The molecular weight excluding hydrogens is 240 g/mol. The standard InChI is InChI=1S/C11H22O3SSi/c1-16(2,3)9-10-11(15(12,13)14-10)7-5-4-6-8-11/h10H,4-9H2,1-3H3. The van der Waals surface area contributed by atoms with E-state index in [4.69, 9.17) is 4.18 Å². The van der Waals surface area contributed by atoms with Gasteiger partial charge in [0.05, 0.1) is 6.10 Å². The topological polar surface area (TPSA) is 43.4 Å². The van der Waals surface area contributed by atoms with Crippen LogP contribution in [0.25, 0.3) is 0 Å². The van der Waals surface area contributed by atoms with Crippen LogP contribution in [0.15, 0.2) is 0 Å². The van der Waals surface area contributed by atoms with Crippen LogP contribution >= 0.6 is 0 Å². The lowest BCUT2D eigenvalue weighted by atomic mass is 9.84. The van der Waals surface area contributed by atoms with Crippen molar-refractivity contribution in [3.8, 4) is 0 Å². The Kier molecular flexibility index (Phi) is 3.00. The molecule has 0 aromatic heterocycles. The van der Waals surface area contributed by atoms with Crippen LogP contribution in [0.3, 0.4) is 0 Å². The second kappa shape index (κ2) is 3.82. The molecule has 0 bridgehead atoms. The zero-order valence-electron chi connectivity index (χ0n) is 10.5. The summed E-state index contributed by atoms with van der Waals surface area (Å²) in [5.74, 6) is 0. The van der Waals surface area contributed by atoms with Crippen LogP contribution in [0, 0.1) is 0 Å². The van der Waals surface area contributed by atoms with Gasteiger partial charge in [0.15, 0.2) is 0 Å². The lowest BCUT2D eigenvalue weighted by molar-refractivity contribution is 0.0705. The third-order valence-electron chi connectivity index (χ3n) is 3.83. The van der Waals surface area contributed by atoms with Crippen molar-refractivity contribution in [1.29, 1.82) is 0 Å². The summed E-state index contributed by atoms with van der Waals surface area (Å²) in [6.07, 6.45) is 4.91. The molecule has 1 unspecified atom stereocenters. The average Bonchev–Trinajstić information content (AvgIpc) is 2.16. The summed E-state index contributed by atoms with van der Waals surface area (Å²) < 4.78 is 28.5. The van der Waals surface area contributed by atoms with Crippen molar-refractivity contribution < 1.29 is 12.6 Å². The van der Waals surface area contributed by atoms with Crippen LogP contribution in [0.1, 0.15) is 32.1 Å². The number of rotatable bonds is 2. The molecule has 0 amide bonds. The van der Waals surface area contributed by atoms with E-state index in [1.54, 1.807) is 0 Å². The predicted octanol–water partition coefficient (Wildman–Crippen LogP) is 2.76. The third kappa shape index (κ3) is 1.97. The molecule has 1 heterocycles. The smallest absolute Gasteiger partial charge is 0.265 e. The second-order valence-electron chi connectivity index (χ2n) is 6.43. The van der Waals surface area contributed by atoms with Crippen LogP contribution < -0.4 is 0 Å². The van der Waals surface area contributed by atoms with Crippen molar-refractivity contribution >= 4 is 18.2 Å². The van der Waals surface area contributed by atoms with E-state index >= 15 is 0 Å². The molecule has 0 radical (unpaired) electrons. The molecule has 1 saturated heterocycles. The molecule has 1 saturated carbocycles. The lowest BCUT2D eigenvalue weighted by Gasteiger charge is -2.50. The molecule has 3 nitrogen and oxygen atoms in total. The van der Waals surface area contributed by atoms with Crippen LogP contribution in [0.2, 0.25) is 25.7 Å². The minimum atomic E-state index is -3.24. The summed E-state index contributed by atoms with van der Waals surface area (Å²) in [4.78, 5) is 0. The van der Waals surface area contributed by atoms with E-state index in [-0.39, 0.29) is 6.10 Å². The zero-order valence-corrected chi connectivity index (χ0v) is 12.3. The zero-order chi connectivity index (χ0) is 12.0. The van der Waals surface area contributed by atoms with Gasteiger partial charge in [-0.15, -0.1) is 0 Å². The Balaban J connectivity index is 2.17. The first-order valence-electron chi connectivity index (χ1n) is 6.20. The van der Waals surface area contributed by atoms with Gasteiger partial charge in [-0.25, -0.2) is 0 Å². The van der Waals surface area contributed by atoms with Gasteiger partial charge < -0.3 is 0 Å². The molecule has 2 fully saturated rings. The second-order valence-corrected chi connectivity index (χ2v) is 13.9. The molecule has 2 rings (SSSR count). The van der Waals surface area contributed by atoms with Gasteiger partial charge >= 0.3 is 0 Å². The molecule has 1 aliphatic heterocycles. The van der Waals surface area contributed by atoms with Gasteiger partial charge in [-0.2, -0.15) is 8.42 Å². The van der Waals surface area contributed by atoms with Gasteiger partial charge in [-0.1, -0.05) is 38.9 Å². The quantitative estimate of drug-likeness (QED) is 0.568. The van der Waals surface area contributed by atoms with Crippen molar-refractivity contribution in [2.75, 3.05) is 0 Å². The van der Waals surface area contributed by atoms with Crippen LogP contribution in [0.4, 0.5) is 0 Å². The van der Waals surface area contributed by atoms with E-state index in [9.17, 15) is 8.42 Å². The maximum absolute atomic E-state index is 11.9. The van der Waals surface area contributed by atoms with Gasteiger partial charge in [0, 0.05) is 8.07 Å². The fourth-order valence-electron chi connectivity index (χ4n) is 2.95. The molecule has 0 aromatic rings. The van der Waals surface area contributed by atoms with Crippen molar-refractivity contribution in [2.24, 2.45) is 0 Å². The average molecular weight is 262 g/mol. The first-order chi connectivity index (χ1) is 7.27. The van der Waals surface area contributed by atoms with E-state index in [1.165, 1.54) is 6.42 Å². The summed E-state index contributed by atoms with van der Waals surface area (Å²) in [6, 6.07) is 0.978. The van der Waals surface area contributed by atoms with Crippen LogP contribution in [0.5, 0.6) is 0 Å². The first-order valence-corrected chi connectivity index (χ1v) is 11.3. The number of hydrogen-bond donors (Lipinski definition) is 0. The van der Waals surface area contributed by atoms with E-state index < -0.39 is 22.9 Å². The molecule has 1 aliphatic carbocycles. The predicted molar refractivity (Wildman–Crippen MR) is 67.8 cm³/mol. The molecule has 1 atom stereocenters. The van der Waals surface area contributed by atoms with E-state index in [1.807, 2.05) is 0 Å². The largest absolute Gasteiger partial charge is 0.276 e. The molecule has 2 aliphatic rings. The molecule has 94 valence electrons. The van der Waals surface area contributed by atoms with E-state index in [0.29, 0.717) is 0 Å². The Morgan fingerprint density at radius 2 is 1.75 bits per heavy atom. The Bertz CT molecular complexity index is 363. The van der Waals surface area contributed by atoms with Gasteiger partial charge in [0.1, 0.15) is 4.75 Å². The van der Waals surface area contributed by atoms with Gasteiger partial charge in [0.25, 0.3) is 10.1 Å². The third-order valence-corrected chi connectivity index (χ3v) is 7.57. The van der Waals surface area contributed by atoms with E-state index in [2.05, 4.69) is 19.6 Å². The van der Waals surface area contributed by atoms with Crippen LogP contribution in [-0.4, -0.2) is 27.3 Å². The van der Waals surface area contributed by atoms with Gasteiger partial charge in [0.2, 0.25) is 0 Å². The Morgan fingerprint density at radius 3 is 2.19 bits per heavy atom. The summed E-state index contributed by atoms with van der Waals surface area (Å²) in [5, 5.41) is 0. The van der Waals surface area contributed by atoms with Crippen molar-refractivity contribution in [3.63, 3.8) is 0 Å². The Labute approximate surface area is 99.7 Å². The summed E-state index contributed by atoms with van der Waals surface area (Å²) in [7, 11) is -4.50. The highest BCUT2D eigenvalue weighted by Gasteiger charge is 2.62. The normalized spacial score (nSPS) is 32.3. The summed E-state index contributed by atoms with van der Waals surface area (Å²) >= 11 is 0. The summed E-state index contributed by atoms with van der Waals surface area (Å²) in [6.45, 7) is 6.83. The number of hydrogen-bond acceptors (Lipinski definition) is 3. The molecule has 0 aromatic carbocycles. The highest BCUT2D eigenvalue weighted by atomic mass is 32.2. The summed E-state index contributed by atoms with van der Waals surface area (Å²) in [5.41, 5.74) is 0. The van der Waals surface area contributed by atoms with Crippen molar-refractivity contribution in [2.45, 2.75) is 68.6 Å². The lowest BCUT2D eigenvalue weighted by Crippen LogP contribution is -2.64. The Morgan fingerprint density at radius 1 is 1.19 bits per heavy atom. The molecule has 0 N–H and O–H groups in total. The minimum Gasteiger partial charge on any atom is -0.265 e. The molecule has 1 spiro atoms. The SMILES string of the molecule is C[Si](C)(C)CC1OS(=O)(=O)C12CCCCC2. The van der Waals surface area contributed by atoms with Crippen molar-refractivity contribution in [3.05, 3.63) is 0 Å².